The van der Waals surface area contributed by atoms with E-state index in [2.05, 4.69) is 31.7 Å². The summed E-state index contributed by atoms with van der Waals surface area (Å²) in [5, 5.41) is 1.20. The maximum absolute atomic E-state index is 5.95. The number of thiazole rings is 1. The van der Waals surface area contributed by atoms with Gasteiger partial charge >= 0.3 is 85.0 Å². The minimum atomic E-state index is 0.115. The van der Waals surface area contributed by atoms with Gasteiger partial charge in [0.1, 0.15) is 0 Å². The first-order valence-corrected chi connectivity index (χ1v) is 5.43. The summed E-state index contributed by atoms with van der Waals surface area (Å²) >= 11 is 1.77. The Bertz CT molecular complexity index is 345. The summed E-state index contributed by atoms with van der Waals surface area (Å²) in [6, 6.07) is 0. The van der Waals surface area contributed by atoms with Gasteiger partial charge in [0.05, 0.1) is 0 Å². The predicted octanol–water partition coefficient (Wildman–Crippen LogP) is -0.221. The van der Waals surface area contributed by atoms with E-state index in [-0.39, 0.29) is 6.60 Å². The van der Waals surface area contributed by atoms with Crippen molar-refractivity contribution in [3.8, 4) is 0 Å². The Labute approximate surface area is 85.3 Å². The molecule has 5 heteroatoms. The Morgan fingerprint density at radius 3 is 3.08 bits per heavy atom. The van der Waals surface area contributed by atoms with Crippen molar-refractivity contribution < 1.29 is 0 Å². The summed E-state index contributed by atoms with van der Waals surface area (Å²) < 4.78 is 1.25. The molecule has 0 atom stereocenters. The van der Waals surface area contributed by atoms with E-state index in [0.717, 1.165) is 11.9 Å². The van der Waals surface area contributed by atoms with Crippen LogP contribution < -0.4 is 10.4 Å². The number of nitrogens with zero attached hydrogens (tertiary/aromatic N) is 1. The summed E-state index contributed by atoms with van der Waals surface area (Å²) in [5.74, 6) is 2.64. The molecule has 1 nitrogen and oxygen atoms in total. The zero-order chi connectivity index (χ0) is 9.42. The summed E-state index contributed by atoms with van der Waals surface area (Å²) in [6.45, 7) is 6.59. The third-order valence-electron chi connectivity index (χ3n) is 2.20. The van der Waals surface area contributed by atoms with Gasteiger partial charge in [-0.05, 0) is 0 Å². The third-order valence-corrected chi connectivity index (χ3v) is 3.54. The van der Waals surface area contributed by atoms with Crippen LogP contribution in [0.5, 0.6) is 0 Å². The van der Waals surface area contributed by atoms with Crippen LogP contribution in [0.25, 0.3) is 0 Å². The maximum atomic E-state index is 5.95. The van der Waals surface area contributed by atoms with Crippen molar-refractivity contribution in [3.05, 3.63) is 5.01 Å². The van der Waals surface area contributed by atoms with Gasteiger partial charge < -0.3 is 0 Å². The van der Waals surface area contributed by atoms with Gasteiger partial charge in [-0.3, -0.25) is 0 Å². The van der Waals surface area contributed by atoms with E-state index < -0.39 is 0 Å². The van der Waals surface area contributed by atoms with Crippen molar-refractivity contribution in [2.75, 3.05) is 0 Å². The van der Waals surface area contributed by atoms with Crippen LogP contribution in [0.15, 0.2) is 0 Å². The predicted molar refractivity (Wildman–Crippen MR) is 63.6 cm³/mol. The molecular formula is C8H10B3NS. The molecule has 0 spiro atoms. The molecule has 1 aromatic heterocycles. The zero-order valence-electron chi connectivity index (χ0n) is 7.95. The van der Waals surface area contributed by atoms with E-state index >= 15 is 0 Å². The first-order chi connectivity index (χ1) is 6.18. The van der Waals surface area contributed by atoms with E-state index in [0.29, 0.717) is 5.92 Å². The molecule has 62 valence electrons. The van der Waals surface area contributed by atoms with Crippen molar-refractivity contribution in [2.45, 2.75) is 26.1 Å². The monoisotopic (exact) mass is 185 g/mol. The quantitative estimate of drug-likeness (QED) is 0.550. The summed E-state index contributed by atoms with van der Waals surface area (Å²) in [5.41, 5.74) is 1.09. The normalized spacial score (nSPS) is 14.5. The number of aromatic nitrogens is 1. The fourth-order valence-corrected chi connectivity index (χ4v) is 2.50. The average molecular weight is 185 g/mol. The van der Waals surface area contributed by atoms with Crippen LogP contribution in [0.3, 0.4) is 0 Å². The van der Waals surface area contributed by atoms with Crippen molar-refractivity contribution in [1.82, 2.24) is 4.98 Å². The van der Waals surface area contributed by atoms with E-state index in [1.165, 1.54) is 9.78 Å². The molecule has 0 bridgehead atoms. The van der Waals surface area contributed by atoms with E-state index in [4.69, 9.17) is 7.74 Å². The molecule has 0 aliphatic carbocycles. The van der Waals surface area contributed by atoms with Crippen molar-refractivity contribution in [1.29, 1.82) is 0 Å². The van der Waals surface area contributed by atoms with Crippen LogP contribution in [0, 0.1) is 0 Å². The molecule has 0 saturated carbocycles. The number of rotatable bonds is 1. The van der Waals surface area contributed by atoms with E-state index in [1.54, 1.807) is 11.3 Å². The molecule has 1 aliphatic rings. The molecule has 1 aromatic rings. The van der Waals surface area contributed by atoms with Crippen LogP contribution >= 0.6 is 11.3 Å². The van der Waals surface area contributed by atoms with Crippen LogP contribution in [0.4, 0.5) is 0 Å². The Balaban J connectivity index is 2.43. The molecule has 0 fully saturated rings. The molecular weight excluding hydrogens is 175 g/mol. The Kier molecular flexibility index (Phi) is 2.46. The number of hydrogen-bond acceptors (Lipinski definition) is 2. The molecule has 1 aliphatic heterocycles. The number of hydrogen-bond donors (Lipinski definition) is 0. The van der Waals surface area contributed by atoms with Gasteiger partial charge in [-0.25, -0.2) is 0 Å². The van der Waals surface area contributed by atoms with Gasteiger partial charge in [-0.15, -0.1) is 0 Å². The molecule has 2 radical (unpaired) electrons. The minimum absolute atomic E-state index is 0.115. The van der Waals surface area contributed by atoms with Gasteiger partial charge in [0.25, 0.3) is 0 Å². The molecule has 2 heterocycles. The van der Waals surface area contributed by atoms with Gasteiger partial charge in [-0.2, -0.15) is 0 Å². The molecule has 0 amide bonds. The molecule has 0 aromatic carbocycles. The van der Waals surface area contributed by atoms with Crippen molar-refractivity contribution in [2.24, 2.45) is 0 Å². The van der Waals surface area contributed by atoms with Crippen molar-refractivity contribution in [3.63, 3.8) is 0 Å². The van der Waals surface area contributed by atoms with E-state index in [9.17, 15) is 0 Å². The summed E-state index contributed by atoms with van der Waals surface area (Å²) in [6.07, 6.45) is 0.925. The zero-order valence-corrected chi connectivity index (χ0v) is 8.77. The second-order valence-electron chi connectivity index (χ2n) is 3.70. The van der Waals surface area contributed by atoms with Crippen LogP contribution in [-0.2, 0) is 0 Å². The van der Waals surface area contributed by atoms with Gasteiger partial charge in [0.2, 0.25) is 0 Å². The molecule has 13 heavy (non-hydrogen) atoms. The molecule has 0 N–H and O–H groups in total. The molecule has 0 unspecified atom stereocenters. The summed E-state index contributed by atoms with van der Waals surface area (Å²) in [7, 11) is 5.95. The first-order valence-electron chi connectivity index (χ1n) is 4.61. The molecule has 2 rings (SSSR count). The fraction of sp³-hybridized carbons (Fsp3) is 0.500. The standard InChI is InChI=1S/C8H10B3NS/c1-5(2)8-12-7-6(13-8)10-3-4-11(7)9/h3,5H,4H2,1-2H3. The SMILES string of the molecule is [B]B1CC=Bc2sc(C(C)C)nc21. The van der Waals surface area contributed by atoms with Crippen LogP contribution in [0.1, 0.15) is 24.8 Å². The number of fused-ring (bicyclic) bond motifs is 1. The van der Waals surface area contributed by atoms with Gasteiger partial charge in [0.15, 0.2) is 0 Å². The summed E-state index contributed by atoms with van der Waals surface area (Å²) in [4.78, 5) is 4.57. The second kappa shape index (κ2) is 3.45. The third kappa shape index (κ3) is 1.66. The Morgan fingerprint density at radius 1 is 1.69 bits per heavy atom. The average Bonchev–Trinajstić information content (AvgIpc) is 2.49. The fourth-order valence-electron chi connectivity index (χ4n) is 1.43. The topological polar surface area (TPSA) is 12.9 Å². The van der Waals surface area contributed by atoms with Gasteiger partial charge in [-0.1, -0.05) is 0 Å². The Morgan fingerprint density at radius 2 is 2.46 bits per heavy atom. The van der Waals surface area contributed by atoms with Crippen LogP contribution in [-0.4, -0.2) is 32.2 Å². The first kappa shape index (κ1) is 9.26. The molecule has 0 saturated heterocycles. The van der Waals surface area contributed by atoms with Crippen molar-refractivity contribution >= 4 is 48.9 Å². The van der Waals surface area contributed by atoms with E-state index in [1.807, 2.05) is 0 Å². The second-order valence-corrected chi connectivity index (χ2v) is 4.76. The van der Waals surface area contributed by atoms with Gasteiger partial charge in [0, 0.05) is 0 Å². The Hall–Kier alpha value is -0.305. The van der Waals surface area contributed by atoms with Crippen LogP contribution in [0.2, 0.25) is 6.32 Å².